The van der Waals surface area contributed by atoms with E-state index < -0.39 is 23.3 Å². The van der Waals surface area contributed by atoms with E-state index in [0.717, 1.165) is 36.7 Å². The Labute approximate surface area is 227 Å². The quantitative estimate of drug-likeness (QED) is 0.248. The molecule has 8 nitrogen and oxygen atoms in total. The molecule has 0 spiro atoms. The predicted molar refractivity (Wildman–Crippen MR) is 138 cm³/mol. The zero-order valence-corrected chi connectivity index (χ0v) is 22.1. The lowest BCUT2D eigenvalue weighted by Crippen LogP contribution is -2.28. The number of rotatable bonds is 10. The highest BCUT2D eigenvalue weighted by atomic mass is 19.4. The molecule has 4 aromatic rings. The lowest BCUT2D eigenvalue weighted by Gasteiger charge is -2.14. The van der Waals surface area contributed by atoms with Crippen LogP contribution in [0.15, 0.2) is 47.4 Å². The van der Waals surface area contributed by atoms with Crippen LogP contribution in [0.25, 0.3) is 11.1 Å². The number of benzene rings is 1. The molecule has 1 amide bonds. The molecule has 0 atom stereocenters. The zero-order chi connectivity index (χ0) is 28.5. The van der Waals surface area contributed by atoms with Gasteiger partial charge in [-0.3, -0.25) is 9.48 Å². The highest BCUT2D eigenvalue weighted by Crippen LogP contribution is 2.59. The van der Waals surface area contributed by atoms with Crippen molar-refractivity contribution in [3.8, 4) is 11.1 Å². The zero-order valence-electron chi connectivity index (χ0n) is 22.1. The van der Waals surface area contributed by atoms with Gasteiger partial charge >= 0.3 is 6.18 Å². The Morgan fingerprint density at radius 1 is 1.07 bits per heavy atom. The third-order valence-corrected chi connectivity index (χ3v) is 7.14. The van der Waals surface area contributed by atoms with Crippen molar-refractivity contribution in [1.82, 2.24) is 24.9 Å². The van der Waals surface area contributed by atoms with E-state index in [2.05, 4.69) is 39.4 Å². The smallest absolute Gasteiger partial charge is 0.358 e. The van der Waals surface area contributed by atoms with E-state index in [1.165, 1.54) is 12.1 Å². The van der Waals surface area contributed by atoms with Crippen LogP contribution in [0.1, 0.15) is 61.5 Å². The summed E-state index contributed by atoms with van der Waals surface area (Å²) in [4.78, 5) is 21.3. The van der Waals surface area contributed by atoms with Crippen molar-refractivity contribution in [2.75, 3.05) is 5.32 Å². The maximum atomic E-state index is 14.9. The monoisotopic (exact) mass is 556 g/mol. The van der Waals surface area contributed by atoms with Gasteiger partial charge in [-0.25, -0.2) is 14.4 Å². The number of anilines is 1. The van der Waals surface area contributed by atoms with E-state index in [-0.39, 0.29) is 36.4 Å². The first-order valence-electron chi connectivity index (χ1n) is 13.1. The largest absolute Gasteiger partial charge is 0.401 e. The van der Waals surface area contributed by atoms with E-state index >= 15 is 0 Å². The summed E-state index contributed by atoms with van der Waals surface area (Å²) in [5.74, 6) is -1.10. The van der Waals surface area contributed by atoms with Crippen molar-refractivity contribution in [3.63, 3.8) is 0 Å². The molecule has 3 aromatic heterocycles. The molecule has 1 aliphatic carbocycles. The van der Waals surface area contributed by atoms with Crippen LogP contribution in [0, 0.1) is 5.82 Å². The van der Waals surface area contributed by atoms with E-state index in [1.54, 1.807) is 18.5 Å². The summed E-state index contributed by atoms with van der Waals surface area (Å²) < 4.78 is 61.5. The number of amides is 1. The van der Waals surface area contributed by atoms with Crippen LogP contribution in [-0.4, -0.2) is 37.0 Å². The number of alkyl halides is 3. The van der Waals surface area contributed by atoms with Crippen LogP contribution in [0.5, 0.6) is 0 Å². The molecule has 0 saturated heterocycles. The number of nitrogens with one attached hydrogen (secondary N) is 1. The van der Waals surface area contributed by atoms with E-state index in [1.807, 2.05) is 10.9 Å². The van der Waals surface area contributed by atoms with Crippen molar-refractivity contribution in [2.45, 2.75) is 70.5 Å². The van der Waals surface area contributed by atoms with Gasteiger partial charge in [-0.15, -0.1) is 0 Å². The van der Waals surface area contributed by atoms with Gasteiger partial charge < -0.3 is 9.84 Å². The second-order valence-corrected chi connectivity index (χ2v) is 9.95. The van der Waals surface area contributed by atoms with Crippen molar-refractivity contribution in [1.29, 1.82) is 0 Å². The summed E-state index contributed by atoms with van der Waals surface area (Å²) >= 11 is 0. The number of halogens is 4. The fourth-order valence-corrected chi connectivity index (χ4v) is 4.76. The second kappa shape index (κ2) is 10.8. The van der Waals surface area contributed by atoms with Gasteiger partial charge in [0, 0.05) is 48.2 Å². The molecular weight excluding hydrogens is 528 g/mol. The molecule has 3 heterocycles. The normalized spacial score (nSPS) is 14.3. The number of nitrogens with zero attached hydrogens (tertiary/aromatic N) is 5. The molecule has 0 radical (unpaired) electrons. The maximum Gasteiger partial charge on any atom is 0.401 e. The third kappa shape index (κ3) is 5.47. The molecule has 1 aromatic carbocycles. The number of carbonyl (C=O) groups is 1. The van der Waals surface area contributed by atoms with Gasteiger partial charge in [-0.2, -0.15) is 18.3 Å². The standard InChI is InChI=1S/C28H28F4N6O2/c1-3-9-38-22(4-2)19(16-35-38)11-24-33-14-20(15-34-24)17-5-6-18(21(29)10-17)12-26(39)36-25-13-23(40-37-25)27(7-8-27)28(30,31)32/h5-6,10,13-16H,3-4,7-9,11-12H2,1-2H3,(H,36,37,39). The molecule has 5 rings (SSSR count). The van der Waals surface area contributed by atoms with Gasteiger partial charge in [0.15, 0.2) is 11.6 Å². The molecule has 12 heteroatoms. The minimum Gasteiger partial charge on any atom is -0.358 e. The third-order valence-electron chi connectivity index (χ3n) is 7.14. The molecule has 0 bridgehead atoms. The first-order chi connectivity index (χ1) is 19.1. The number of hydrogen-bond donors (Lipinski definition) is 1. The maximum absolute atomic E-state index is 14.9. The van der Waals surface area contributed by atoms with E-state index in [4.69, 9.17) is 4.52 Å². The van der Waals surface area contributed by atoms with Gasteiger partial charge in [-0.05, 0) is 42.9 Å². The van der Waals surface area contributed by atoms with E-state index in [0.29, 0.717) is 23.4 Å². The SMILES string of the molecule is CCCn1ncc(Cc2ncc(-c3ccc(CC(=O)Nc4cc(C5(C(F)(F)F)CC5)on4)c(F)c3)cn2)c1CC. The summed E-state index contributed by atoms with van der Waals surface area (Å²) in [6.45, 7) is 5.05. The van der Waals surface area contributed by atoms with Gasteiger partial charge in [0.25, 0.3) is 0 Å². The molecule has 1 aliphatic rings. The number of carbonyl (C=O) groups excluding carboxylic acids is 1. The lowest BCUT2D eigenvalue weighted by molar-refractivity contribution is -0.165. The fourth-order valence-electron chi connectivity index (χ4n) is 4.76. The first kappa shape index (κ1) is 27.5. The Balaban J connectivity index is 1.21. The molecule has 1 N–H and O–H groups in total. The van der Waals surface area contributed by atoms with Crippen molar-refractivity contribution >= 4 is 11.7 Å². The Hall–Kier alpha value is -4.09. The summed E-state index contributed by atoms with van der Waals surface area (Å²) in [5.41, 5.74) is 1.47. The van der Waals surface area contributed by atoms with Crippen LogP contribution in [0.3, 0.4) is 0 Å². The highest BCUT2D eigenvalue weighted by Gasteiger charge is 2.66. The Bertz CT molecular complexity index is 1510. The second-order valence-electron chi connectivity index (χ2n) is 9.95. The summed E-state index contributed by atoms with van der Waals surface area (Å²) in [7, 11) is 0. The summed E-state index contributed by atoms with van der Waals surface area (Å²) in [6, 6.07) is 5.49. The minimum absolute atomic E-state index is 0.0884. The number of aryl methyl sites for hydroxylation is 1. The Morgan fingerprint density at radius 3 is 2.45 bits per heavy atom. The van der Waals surface area contributed by atoms with Crippen LogP contribution < -0.4 is 5.32 Å². The fraction of sp³-hybridized carbons (Fsp3) is 0.393. The van der Waals surface area contributed by atoms with Gasteiger partial charge in [0.2, 0.25) is 5.91 Å². The lowest BCUT2D eigenvalue weighted by atomic mass is 10.0. The Morgan fingerprint density at radius 2 is 1.82 bits per heavy atom. The van der Waals surface area contributed by atoms with Crippen LogP contribution in [0.2, 0.25) is 0 Å². The highest BCUT2D eigenvalue weighted by molar-refractivity contribution is 5.91. The molecule has 1 saturated carbocycles. The minimum atomic E-state index is -4.46. The molecule has 210 valence electrons. The average Bonchev–Trinajstić information content (AvgIpc) is 3.48. The molecular formula is C28H28F4N6O2. The van der Waals surface area contributed by atoms with Gasteiger partial charge in [-0.1, -0.05) is 31.1 Å². The van der Waals surface area contributed by atoms with Crippen LogP contribution in [0.4, 0.5) is 23.4 Å². The van der Waals surface area contributed by atoms with Crippen LogP contribution >= 0.6 is 0 Å². The molecule has 40 heavy (non-hydrogen) atoms. The number of aromatic nitrogens is 5. The van der Waals surface area contributed by atoms with E-state index in [9.17, 15) is 22.4 Å². The van der Waals surface area contributed by atoms with Gasteiger partial charge in [0.05, 0.1) is 12.6 Å². The average molecular weight is 557 g/mol. The van der Waals surface area contributed by atoms with Crippen molar-refractivity contribution in [2.24, 2.45) is 0 Å². The molecule has 1 fully saturated rings. The van der Waals surface area contributed by atoms with Crippen molar-refractivity contribution in [3.05, 3.63) is 77.1 Å². The summed E-state index contributed by atoms with van der Waals surface area (Å²) in [5, 5.41) is 10.4. The molecule has 0 aliphatic heterocycles. The number of hydrogen-bond acceptors (Lipinski definition) is 6. The Kier molecular flexibility index (Phi) is 7.43. The van der Waals surface area contributed by atoms with Crippen molar-refractivity contribution < 1.29 is 26.9 Å². The van der Waals surface area contributed by atoms with Crippen LogP contribution in [-0.2, 0) is 36.0 Å². The summed E-state index contributed by atoms with van der Waals surface area (Å²) in [6.07, 6.45) is 2.53. The molecule has 0 unspecified atom stereocenters. The topological polar surface area (TPSA) is 98.7 Å². The first-order valence-corrected chi connectivity index (χ1v) is 13.1. The van der Waals surface area contributed by atoms with Gasteiger partial charge in [0.1, 0.15) is 17.1 Å². The predicted octanol–water partition coefficient (Wildman–Crippen LogP) is 5.81.